The molecule has 76 valence electrons. The molecule has 0 bridgehead atoms. The number of ether oxygens (including phenoxy) is 1. The highest BCUT2D eigenvalue weighted by atomic mass is 16.5. The number of nitrogens with zero attached hydrogens (tertiary/aromatic N) is 1. The Kier molecular flexibility index (Phi) is 2.63. The third-order valence-corrected chi connectivity index (χ3v) is 2.08. The summed E-state index contributed by atoms with van der Waals surface area (Å²) in [5, 5.41) is 1.02. The Balaban J connectivity index is 2.42. The van der Waals surface area contributed by atoms with Gasteiger partial charge in [0.2, 0.25) is 0 Å². The fourth-order valence-electron chi connectivity index (χ4n) is 1.38. The van der Waals surface area contributed by atoms with E-state index in [2.05, 4.69) is 4.98 Å². The third-order valence-electron chi connectivity index (χ3n) is 2.08. The van der Waals surface area contributed by atoms with Crippen LogP contribution < -0.4 is 0 Å². The van der Waals surface area contributed by atoms with Gasteiger partial charge in [0.25, 0.3) is 0 Å². The van der Waals surface area contributed by atoms with Crippen molar-refractivity contribution in [3.8, 4) is 0 Å². The fraction of sp³-hybridized carbons (Fsp3) is 0.167. The van der Waals surface area contributed by atoms with E-state index in [4.69, 9.17) is 4.74 Å². The number of carbonyl (C=O) groups excluding carboxylic acids is 1. The van der Waals surface area contributed by atoms with Crippen molar-refractivity contribution in [1.29, 1.82) is 0 Å². The average Bonchev–Trinajstić information content (AvgIpc) is 2.29. The second kappa shape index (κ2) is 4.09. The molecular formula is C12H11NO2. The van der Waals surface area contributed by atoms with Crippen LogP contribution >= 0.6 is 0 Å². The van der Waals surface area contributed by atoms with Gasteiger partial charge in [0.1, 0.15) is 5.69 Å². The minimum absolute atomic E-state index is 0.357. The van der Waals surface area contributed by atoms with Crippen LogP contribution in [0, 0.1) is 0 Å². The highest BCUT2D eigenvalue weighted by Gasteiger charge is 2.07. The van der Waals surface area contributed by atoms with E-state index in [9.17, 15) is 4.79 Å². The maximum absolute atomic E-state index is 11.4. The van der Waals surface area contributed by atoms with Crippen LogP contribution in [0.5, 0.6) is 0 Å². The van der Waals surface area contributed by atoms with Crippen molar-refractivity contribution >= 4 is 16.9 Å². The van der Waals surface area contributed by atoms with Gasteiger partial charge >= 0.3 is 5.97 Å². The van der Waals surface area contributed by atoms with Gasteiger partial charge in [-0.05, 0) is 19.1 Å². The third kappa shape index (κ3) is 1.96. The van der Waals surface area contributed by atoms with Crippen molar-refractivity contribution < 1.29 is 9.53 Å². The second-order valence-electron chi connectivity index (χ2n) is 3.11. The summed E-state index contributed by atoms with van der Waals surface area (Å²) in [7, 11) is 0. The van der Waals surface area contributed by atoms with E-state index in [0.29, 0.717) is 12.3 Å². The second-order valence-corrected chi connectivity index (χ2v) is 3.11. The number of carbonyl (C=O) groups is 1. The van der Waals surface area contributed by atoms with Gasteiger partial charge < -0.3 is 4.74 Å². The van der Waals surface area contributed by atoms with Crippen LogP contribution in [-0.2, 0) is 4.74 Å². The summed E-state index contributed by atoms with van der Waals surface area (Å²) in [6, 6.07) is 11.2. The van der Waals surface area contributed by atoms with E-state index in [0.717, 1.165) is 10.9 Å². The quantitative estimate of drug-likeness (QED) is 0.700. The summed E-state index contributed by atoms with van der Waals surface area (Å²) in [5.41, 5.74) is 1.17. The molecular weight excluding hydrogens is 190 g/mol. The standard InChI is InChI=1S/C12H11NO2/c1-2-15-12(14)11-8-7-9-5-3-4-6-10(9)13-11/h3-8H,2H2,1H3. The molecule has 0 amide bonds. The zero-order chi connectivity index (χ0) is 10.7. The van der Waals surface area contributed by atoms with Gasteiger partial charge in [-0.25, -0.2) is 9.78 Å². The molecule has 0 saturated carbocycles. The summed E-state index contributed by atoms with van der Waals surface area (Å²) in [4.78, 5) is 15.6. The highest BCUT2D eigenvalue weighted by Crippen LogP contribution is 2.12. The first kappa shape index (κ1) is 9.65. The molecule has 0 aliphatic heterocycles. The number of benzene rings is 1. The molecule has 0 fully saturated rings. The smallest absolute Gasteiger partial charge is 0.356 e. The lowest BCUT2D eigenvalue weighted by Gasteiger charge is -2.02. The minimum Gasteiger partial charge on any atom is -0.461 e. The Hall–Kier alpha value is -1.90. The van der Waals surface area contributed by atoms with Gasteiger partial charge in [-0.2, -0.15) is 0 Å². The van der Waals surface area contributed by atoms with Gasteiger partial charge in [0.05, 0.1) is 12.1 Å². The molecule has 0 unspecified atom stereocenters. The SMILES string of the molecule is CCOC(=O)c1ccc2ccccc2n1. The lowest BCUT2D eigenvalue weighted by Crippen LogP contribution is -2.06. The Morgan fingerprint density at radius 1 is 1.27 bits per heavy atom. The molecule has 0 atom stereocenters. The van der Waals surface area contributed by atoms with Crippen LogP contribution in [0.3, 0.4) is 0 Å². The highest BCUT2D eigenvalue weighted by molar-refractivity contribution is 5.90. The van der Waals surface area contributed by atoms with Crippen LogP contribution in [0.25, 0.3) is 10.9 Å². The van der Waals surface area contributed by atoms with Crippen molar-refractivity contribution in [3.63, 3.8) is 0 Å². The summed E-state index contributed by atoms with van der Waals surface area (Å²) < 4.78 is 4.88. The maximum atomic E-state index is 11.4. The number of rotatable bonds is 2. The molecule has 3 heteroatoms. The van der Waals surface area contributed by atoms with E-state index in [1.807, 2.05) is 30.3 Å². The largest absolute Gasteiger partial charge is 0.461 e. The van der Waals surface area contributed by atoms with Crippen LogP contribution in [-0.4, -0.2) is 17.6 Å². The lowest BCUT2D eigenvalue weighted by atomic mass is 10.2. The molecule has 0 radical (unpaired) electrons. The fourth-order valence-corrected chi connectivity index (χ4v) is 1.38. The summed E-state index contributed by atoms with van der Waals surface area (Å²) in [6.07, 6.45) is 0. The van der Waals surface area contributed by atoms with Crippen LogP contribution in [0.15, 0.2) is 36.4 Å². The topological polar surface area (TPSA) is 39.2 Å². The molecule has 0 aliphatic rings. The first-order chi connectivity index (χ1) is 7.31. The van der Waals surface area contributed by atoms with E-state index < -0.39 is 0 Å². The zero-order valence-electron chi connectivity index (χ0n) is 8.43. The lowest BCUT2D eigenvalue weighted by molar-refractivity contribution is 0.0520. The van der Waals surface area contributed by atoms with Crippen molar-refractivity contribution in [2.45, 2.75) is 6.92 Å². The van der Waals surface area contributed by atoms with Crippen molar-refractivity contribution in [1.82, 2.24) is 4.98 Å². The normalized spacial score (nSPS) is 10.2. The average molecular weight is 201 g/mol. The van der Waals surface area contributed by atoms with Gasteiger partial charge in [-0.3, -0.25) is 0 Å². The van der Waals surface area contributed by atoms with Gasteiger partial charge in [-0.15, -0.1) is 0 Å². The Morgan fingerprint density at radius 3 is 2.87 bits per heavy atom. The molecule has 2 rings (SSSR count). The first-order valence-electron chi connectivity index (χ1n) is 4.84. The van der Waals surface area contributed by atoms with Gasteiger partial charge in [0, 0.05) is 5.39 Å². The predicted molar refractivity (Wildman–Crippen MR) is 57.7 cm³/mol. The van der Waals surface area contributed by atoms with E-state index in [1.165, 1.54) is 0 Å². The monoisotopic (exact) mass is 201 g/mol. The van der Waals surface area contributed by atoms with Crippen LogP contribution in [0.2, 0.25) is 0 Å². The number of pyridine rings is 1. The number of hydrogen-bond donors (Lipinski definition) is 0. The number of fused-ring (bicyclic) bond motifs is 1. The molecule has 1 aromatic heterocycles. The Bertz CT molecular complexity index is 494. The van der Waals surface area contributed by atoms with Crippen LogP contribution in [0.1, 0.15) is 17.4 Å². The van der Waals surface area contributed by atoms with E-state index in [-0.39, 0.29) is 5.97 Å². The molecule has 0 saturated heterocycles. The molecule has 0 aliphatic carbocycles. The van der Waals surface area contributed by atoms with Crippen molar-refractivity contribution in [2.75, 3.05) is 6.61 Å². The van der Waals surface area contributed by atoms with E-state index in [1.54, 1.807) is 13.0 Å². The zero-order valence-corrected chi connectivity index (χ0v) is 8.43. The number of hydrogen-bond acceptors (Lipinski definition) is 3. The predicted octanol–water partition coefficient (Wildman–Crippen LogP) is 2.41. The molecule has 2 aromatic rings. The summed E-state index contributed by atoms with van der Waals surface area (Å²) in [5.74, 6) is -0.372. The molecule has 0 spiro atoms. The molecule has 3 nitrogen and oxygen atoms in total. The van der Waals surface area contributed by atoms with Gasteiger partial charge in [0.15, 0.2) is 0 Å². The molecule has 1 heterocycles. The Morgan fingerprint density at radius 2 is 2.07 bits per heavy atom. The van der Waals surface area contributed by atoms with Crippen molar-refractivity contribution in [2.24, 2.45) is 0 Å². The van der Waals surface area contributed by atoms with E-state index >= 15 is 0 Å². The Labute approximate surface area is 87.7 Å². The van der Waals surface area contributed by atoms with Gasteiger partial charge in [-0.1, -0.05) is 24.3 Å². The molecule has 15 heavy (non-hydrogen) atoms. The number of aromatic nitrogens is 1. The number of esters is 1. The minimum atomic E-state index is -0.372. The summed E-state index contributed by atoms with van der Waals surface area (Å²) in [6.45, 7) is 2.15. The number of para-hydroxylation sites is 1. The summed E-state index contributed by atoms with van der Waals surface area (Å²) >= 11 is 0. The first-order valence-corrected chi connectivity index (χ1v) is 4.84. The molecule has 0 N–H and O–H groups in total. The van der Waals surface area contributed by atoms with Crippen LogP contribution in [0.4, 0.5) is 0 Å². The maximum Gasteiger partial charge on any atom is 0.356 e. The van der Waals surface area contributed by atoms with Crippen molar-refractivity contribution in [3.05, 3.63) is 42.1 Å². The molecule has 1 aromatic carbocycles.